The van der Waals surface area contributed by atoms with E-state index in [1.165, 1.54) is 0 Å². The molecule has 94 valence electrons. The average molecular weight is 237 g/mol. The minimum atomic E-state index is -3.05. The smallest absolute Gasteiger partial charge is 0.410 e. The van der Waals surface area contributed by atoms with Gasteiger partial charge in [0.15, 0.2) is 0 Å². The molecule has 4 nitrogen and oxygen atoms in total. The van der Waals surface area contributed by atoms with Crippen molar-refractivity contribution < 1.29 is 23.4 Å². The first-order valence-electron chi connectivity index (χ1n) is 5.13. The van der Waals surface area contributed by atoms with Gasteiger partial charge >= 0.3 is 6.09 Å². The predicted octanol–water partition coefficient (Wildman–Crippen LogP) is 1.62. The second kappa shape index (κ2) is 4.16. The molecule has 0 bridgehead atoms. The first kappa shape index (κ1) is 13.2. The number of hydrogen-bond donors (Lipinski definition) is 1. The second-order valence-corrected chi connectivity index (χ2v) is 5.07. The number of ether oxygens (including phenoxy) is 1. The van der Waals surface area contributed by atoms with Crippen molar-refractivity contribution in [2.24, 2.45) is 0 Å². The van der Waals surface area contributed by atoms with E-state index in [2.05, 4.69) is 0 Å². The Morgan fingerprint density at radius 3 is 2.50 bits per heavy atom. The maximum Gasteiger partial charge on any atom is 0.410 e. The van der Waals surface area contributed by atoms with Gasteiger partial charge in [0.2, 0.25) is 0 Å². The molecule has 0 radical (unpaired) electrons. The number of aliphatic hydroxyl groups excluding tert-OH is 1. The quantitative estimate of drug-likeness (QED) is 0.696. The molecule has 0 aromatic heterocycles. The van der Waals surface area contributed by atoms with Gasteiger partial charge in [-0.15, -0.1) is 0 Å². The Kier molecular flexibility index (Phi) is 3.42. The highest BCUT2D eigenvalue weighted by molar-refractivity contribution is 5.68. The van der Waals surface area contributed by atoms with Crippen molar-refractivity contribution in [2.45, 2.75) is 44.8 Å². The molecule has 0 aromatic rings. The molecule has 1 rings (SSSR count). The maximum absolute atomic E-state index is 13.1. The van der Waals surface area contributed by atoms with Gasteiger partial charge in [-0.2, -0.15) is 0 Å². The lowest BCUT2D eigenvalue weighted by atomic mass is 10.1. The third kappa shape index (κ3) is 3.92. The van der Waals surface area contributed by atoms with Gasteiger partial charge in [0.25, 0.3) is 5.92 Å². The van der Waals surface area contributed by atoms with Crippen molar-refractivity contribution in [3.8, 4) is 0 Å². The number of halogens is 2. The summed E-state index contributed by atoms with van der Waals surface area (Å²) in [6.45, 7) is 4.17. The number of amides is 1. The fourth-order valence-corrected chi connectivity index (χ4v) is 1.54. The van der Waals surface area contributed by atoms with Crippen molar-refractivity contribution in [2.75, 3.05) is 13.1 Å². The van der Waals surface area contributed by atoms with Crippen LogP contribution in [0.4, 0.5) is 13.6 Å². The van der Waals surface area contributed by atoms with Crippen molar-refractivity contribution in [1.29, 1.82) is 0 Å². The van der Waals surface area contributed by atoms with E-state index >= 15 is 0 Å². The summed E-state index contributed by atoms with van der Waals surface area (Å²) in [5, 5.41) is 9.23. The summed E-state index contributed by atoms with van der Waals surface area (Å²) in [5.41, 5.74) is -0.727. The van der Waals surface area contributed by atoms with E-state index in [4.69, 9.17) is 4.74 Å². The van der Waals surface area contributed by atoms with Crippen molar-refractivity contribution in [3.05, 3.63) is 0 Å². The molecular formula is C10H17F2NO3. The lowest BCUT2D eigenvalue weighted by Gasteiger charge is -2.36. The molecule has 1 amide bonds. The van der Waals surface area contributed by atoms with Gasteiger partial charge in [0.05, 0.1) is 19.2 Å². The van der Waals surface area contributed by atoms with E-state index in [-0.39, 0.29) is 6.54 Å². The SMILES string of the molecule is CC(C)(C)OC(=O)N1CC(O)CC(F)(F)C1. The van der Waals surface area contributed by atoms with Gasteiger partial charge in [-0.1, -0.05) is 0 Å². The number of carbonyl (C=O) groups excluding carboxylic acids is 1. The zero-order valence-corrected chi connectivity index (χ0v) is 9.67. The summed E-state index contributed by atoms with van der Waals surface area (Å²) in [4.78, 5) is 12.4. The normalized spacial score (nSPS) is 25.4. The highest BCUT2D eigenvalue weighted by Crippen LogP contribution is 2.27. The van der Waals surface area contributed by atoms with Crippen molar-refractivity contribution in [3.63, 3.8) is 0 Å². The van der Waals surface area contributed by atoms with Crippen molar-refractivity contribution >= 4 is 6.09 Å². The van der Waals surface area contributed by atoms with E-state index < -0.39 is 36.7 Å². The highest BCUT2D eigenvalue weighted by atomic mass is 19.3. The molecule has 1 fully saturated rings. The minimum absolute atomic E-state index is 0.107. The molecular weight excluding hydrogens is 220 g/mol. The molecule has 6 heteroatoms. The van der Waals surface area contributed by atoms with Gasteiger partial charge in [-0.3, -0.25) is 4.90 Å². The third-order valence-corrected chi connectivity index (χ3v) is 2.04. The maximum atomic E-state index is 13.1. The molecule has 1 heterocycles. The van der Waals surface area contributed by atoms with E-state index in [0.717, 1.165) is 4.90 Å². The van der Waals surface area contributed by atoms with Gasteiger partial charge in [0.1, 0.15) is 5.60 Å². The van der Waals surface area contributed by atoms with Gasteiger partial charge < -0.3 is 9.84 Å². The Morgan fingerprint density at radius 2 is 2.06 bits per heavy atom. The topological polar surface area (TPSA) is 49.8 Å². The van der Waals surface area contributed by atoms with E-state index in [1.807, 2.05) is 0 Å². The monoisotopic (exact) mass is 237 g/mol. The zero-order valence-electron chi connectivity index (χ0n) is 9.67. The first-order chi connectivity index (χ1) is 7.09. The molecule has 0 aromatic carbocycles. The number of piperidine rings is 1. The van der Waals surface area contributed by atoms with Crippen LogP contribution in [0.5, 0.6) is 0 Å². The Morgan fingerprint density at radius 1 is 1.50 bits per heavy atom. The van der Waals surface area contributed by atoms with Crippen LogP contribution >= 0.6 is 0 Å². The molecule has 1 aliphatic heterocycles. The number of carbonyl (C=O) groups is 1. The first-order valence-corrected chi connectivity index (χ1v) is 5.13. The standard InChI is InChI=1S/C10H17F2NO3/c1-9(2,3)16-8(15)13-5-7(14)4-10(11,12)6-13/h7,14H,4-6H2,1-3H3. The number of nitrogens with zero attached hydrogens (tertiary/aromatic N) is 1. The summed E-state index contributed by atoms with van der Waals surface area (Å²) < 4.78 is 31.1. The Bertz CT molecular complexity index is 276. The lowest BCUT2D eigenvalue weighted by Crippen LogP contribution is -2.52. The van der Waals surface area contributed by atoms with E-state index in [0.29, 0.717) is 0 Å². The van der Waals surface area contributed by atoms with E-state index in [1.54, 1.807) is 20.8 Å². The summed E-state index contributed by atoms with van der Waals surface area (Å²) >= 11 is 0. The molecule has 0 spiro atoms. The van der Waals surface area contributed by atoms with Crippen LogP contribution in [0.15, 0.2) is 0 Å². The lowest BCUT2D eigenvalue weighted by molar-refractivity contribution is -0.106. The Hall–Kier alpha value is -0.910. The molecule has 1 saturated heterocycles. The number of β-amino-alcohol motifs (C(OH)–C–C–N with tert-alkyl or cyclic N) is 1. The van der Waals surface area contributed by atoms with Crippen LogP contribution in [-0.4, -0.2) is 46.8 Å². The molecule has 1 unspecified atom stereocenters. The van der Waals surface area contributed by atoms with Crippen LogP contribution < -0.4 is 0 Å². The van der Waals surface area contributed by atoms with Crippen LogP contribution in [0.25, 0.3) is 0 Å². The average Bonchev–Trinajstić information content (AvgIpc) is 1.96. The minimum Gasteiger partial charge on any atom is -0.444 e. The Balaban J connectivity index is 2.63. The summed E-state index contributed by atoms with van der Waals surface area (Å²) in [6.07, 6.45) is -2.62. The molecule has 0 aliphatic carbocycles. The summed E-state index contributed by atoms with van der Waals surface area (Å²) in [7, 11) is 0. The third-order valence-electron chi connectivity index (χ3n) is 2.04. The Labute approximate surface area is 93.2 Å². The molecule has 1 atom stereocenters. The zero-order chi connectivity index (χ0) is 12.6. The highest BCUT2D eigenvalue weighted by Gasteiger charge is 2.42. The van der Waals surface area contributed by atoms with E-state index in [9.17, 15) is 18.7 Å². The summed E-state index contributed by atoms with van der Waals surface area (Å²) in [6, 6.07) is 0. The van der Waals surface area contributed by atoms with Crippen LogP contribution in [0.1, 0.15) is 27.2 Å². The molecule has 1 aliphatic rings. The molecule has 0 saturated carbocycles. The van der Waals surface area contributed by atoms with Crippen LogP contribution in [-0.2, 0) is 4.74 Å². The fourth-order valence-electron chi connectivity index (χ4n) is 1.54. The van der Waals surface area contributed by atoms with Crippen LogP contribution in [0, 0.1) is 0 Å². The van der Waals surface area contributed by atoms with Gasteiger partial charge in [-0.05, 0) is 20.8 Å². The number of alkyl halides is 2. The van der Waals surface area contributed by atoms with Crippen LogP contribution in [0.2, 0.25) is 0 Å². The predicted molar refractivity (Wildman–Crippen MR) is 53.4 cm³/mol. The summed E-state index contributed by atoms with van der Waals surface area (Å²) in [5.74, 6) is -3.05. The molecule has 16 heavy (non-hydrogen) atoms. The number of hydrogen-bond acceptors (Lipinski definition) is 3. The van der Waals surface area contributed by atoms with Crippen LogP contribution in [0.3, 0.4) is 0 Å². The molecule has 1 N–H and O–H groups in total. The van der Waals surface area contributed by atoms with Gasteiger partial charge in [0, 0.05) is 6.42 Å². The number of aliphatic hydroxyl groups is 1. The fraction of sp³-hybridized carbons (Fsp3) is 0.900. The largest absolute Gasteiger partial charge is 0.444 e. The van der Waals surface area contributed by atoms with Crippen molar-refractivity contribution in [1.82, 2.24) is 4.90 Å². The second-order valence-electron chi connectivity index (χ2n) is 5.07. The number of likely N-dealkylation sites (tertiary alicyclic amines) is 1. The van der Waals surface area contributed by atoms with Gasteiger partial charge in [-0.25, -0.2) is 13.6 Å². The number of rotatable bonds is 0.